The van der Waals surface area contributed by atoms with Crippen LogP contribution in [0, 0.1) is 0 Å². The molecule has 0 radical (unpaired) electrons. The van der Waals surface area contributed by atoms with Gasteiger partial charge in [-0.05, 0) is 19.3 Å². The number of primary amides is 1. The molecule has 0 aromatic heterocycles. The number of aliphatic carboxylic acids is 1. The minimum atomic E-state index is -1.16. The van der Waals surface area contributed by atoms with Crippen LogP contribution in [-0.4, -0.2) is 35.1 Å². The van der Waals surface area contributed by atoms with Crippen LogP contribution in [0.3, 0.4) is 0 Å². The molecule has 1 aliphatic rings. The van der Waals surface area contributed by atoms with Crippen molar-refractivity contribution in [2.45, 2.75) is 63.5 Å². The molecular weight excluding hydrogens is 262 g/mol. The first-order chi connectivity index (χ1) is 9.49. The Morgan fingerprint density at radius 2 is 1.75 bits per heavy atom. The molecule has 114 valence electrons. The molecule has 0 aromatic rings. The van der Waals surface area contributed by atoms with Crippen molar-refractivity contribution in [3.05, 3.63) is 0 Å². The number of nitrogens with one attached hydrogen (secondary N) is 2. The SMILES string of the molecule is NC(=O)CC[C@@H](NC(=O)NC1CCCCCC1)C(=O)O. The molecule has 1 aliphatic carbocycles. The highest BCUT2D eigenvalue weighted by Crippen LogP contribution is 2.17. The minimum Gasteiger partial charge on any atom is -0.480 e. The van der Waals surface area contributed by atoms with Gasteiger partial charge in [0.05, 0.1) is 0 Å². The number of carboxylic acid groups (broad SMARTS) is 1. The third-order valence-corrected chi connectivity index (χ3v) is 3.47. The van der Waals surface area contributed by atoms with Crippen molar-refractivity contribution in [3.63, 3.8) is 0 Å². The van der Waals surface area contributed by atoms with E-state index in [1.54, 1.807) is 0 Å². The Morgan fingerprint density at radius 3 is 2.25 bits per heavy atom. The predicted molar refractivity (Wildman–Crippen MR) is 73.0 cm³/mol. The Morgan fingerprint density at radius 1 is 1.15 bits per heavy atom. The largest absolute Gasteiger partial charge is 0.480 e. The molecule has 20 heavy (non-hydrogen) atoms. The molecule has 0 heterocycles. The molecule has 7 heteroatoms. The standard InChI is InChI=1S/C13H23N3O4/c14-11(17)8-7-10(12(18)19)16-13(20)15-9-5-3-1-2-4-6-9/h9-10H,1-8H2,(H2,14,17)(H,18,19)(H2,15,16,20)/t10-/m1/s1. The maximum Gasteiger partial charge on any atom is 0.326 e. The number of amides is 3. The summed E-state index contributed by atoms with van der Waals surface area (Å²) < 4.78 is 0. The second-order valence-corrected chi connectivity index (χ2v) is 5.20. The topological polar surface area (TPSA) is 122 Å². The van der Waals surface area contributed by atoms with Gasteiger partial charge >= 0.3 is 12.0 Å². The number of hydrogen-bond acceptors (Lipinski definition) is 3. The highest BCUT2D eigenvalue weighted by atomic mass is 16.4. The highest BCUT2D eigenvalue weighted by Gasteiger charge is 2.22. The smallest absolute Gasteiger partial charge is 0.326 e. The first kappa shape index (κ1) is 16.3. The van der Waals surface area contributed by atoms with E-state index in [0.29, 0.717) is 0 Å². The predicted octanol–water partition coefficient (Wildman–Crippen LogP) is 0.727. The summed E-state index contributed by atoms with van der Waals surface area (Å²) in [6, 6.07) is -1.48. The van der Waals surface area contributed by atoms with Crippen LogP contribution in [0.15, 0.2) is 0 Å². The molecule has 5 N–H and O–H groups in total. The first-order valence-corrected chi connectivity index (χ1v) is 7.07. The van der Waals surface area contributed by atoms with Crippen LogP contribution in [0.5, 0.6) is 0 Å². The van der Waals surface area contributed by atoms with E-state index in [1.165, 1.54) is 12.8 Å². The molecule has 0 unspecified atom stereocenters. The molecule has 0 aromatic carbocycles. The van der Waals surface area contributed by atoms with Gasteiger partial charge in [-0.3, -0.25) is 4.79 Å². The number of urea groups is 1. The molecule has 0 saturated heterocycles. The van der Waals surface area contributed by atoms with Gasteiger partial charge in [0.1, 0.15) is 6.04 Å². The number of carbonyl (C=O) groups is 3. The van der Waals surface area contributed by atoms with Gasteiger partial charge in [-0.2, -0.15) is 0 Å². The van der Waals surface area contributed by atoms with Crippen LogP contribution in [0.1, 0.15) is 51.4 Å². The Balaban J connectivity index is 2.40. The van der Waals surface area contributed by atoms with E-state index in [2.05, 4.69) is 10.6 Å². The number of hydrogen-bond donors (Lipinski definition) is 4. The van der Waals surface area contributed by atoms with Crippen molar-refractivity contribution < 1.29 is 19.5 Å². The third kappa shape index (κ3) is 6.40. The van der Waals surface area contributed by atoms with Gasteiger partial charge in [0.2, 0.25) is 5.91 Å². The summed E-state index contributed by atoms with van der Waals surface area (Å²) >= 11 is 0. The van der Waals surface area contributed by atoms with Crippen LogP contribution in [0.4, 0.5) is 4.79 Å². The van der Waals surface area contributed by atoms with Gasteiger partial charge in [0, 0.05) is 12.5 Å². The average Bonchev–Trinajstić information content (AvgIpc) is 2.62. The summed E-state index contributed by atoms with van der Waals surface area (Å²) in [5, 5.41) is 14.2. The number of nitrogens with two attached hydrogens (primary N) is 1. The quantitative estimate of drug-likeness (QED) is 0.537. The lowest BCUT2D eigenvalue weighted by Crippen LogP contribution is -2.49. The summed E-state index contributed by atoms with van der Waals surface area (Å²) in [5.41, 5.74) is 4.98. The molecule has 1 atom stereocenters. The van der Waals surface area contributed by atoms with Crippen molar-refractivity contribution in [2.75, 3.05) is 0 Å². The van der Waals surface area contributed by atoms with E-state index in [4.69, 9.17) is 10.8 Å². The van der Waals surface area contributed by atoms with Gasteiger partial charge in [-0.1, -0.05) is 25.7 Å². The molecule has 1 saturated carbocycles. The van der Waals surface area contributed by atoms with Crippen molar-refractivity contribution >= 4 is 17.9 Å². The van der Waals surface area contributed by atoms with Crippen molar-refractivity contribution in [3.8, 4) is 0 Å². The van der Waals surface area contributed by atoms with E-state index in [-0.39, 0.29) is 18.9 Å². The lowest BCUT2D eigenvalue weighted by atomic mass is 10.1. The number of carboxylic acids is 1. The van der Waals surface area contributed by atoms with Crippen LogP contribution in [-0.2, 0) is 9.59 Å². The van der Waals surface area contributed by atoms with Gasteiger partial charge < -0.3 is 21.5 Å². The van der Waals surface area contributed by atoms with Crippen LogP contribution in [0.2, 0.25) is 0 Å². The zero-order valence-corrected chi connectivity index (χ0v) is 11.6. The average molecular weight is 285 g/mol. The zero-order chi connectivity index (χ0) is 15.0. The Labute approximate surface area is 118 Å². The van der Waals surface area contributed by atoms with E-state index < -0.39 is 23.9 Å². The highest BCUT2D eigenvalue weighted by molar-refractivity contribution is 5.83. The zero-order valence-electron chi connectivity index (χ0n) is 11.6. The summed E-state index contributed by atoms with van der Waals surface area (Å²) in [7, 11) is 0. The summed E-state index contributed by atoms with van der Waals surface area (Å²) in [6.07, 6.45) is 6.29. The third-order valence-electron chi connectivity index (χ3n) is 3.47. The fourth-order valence-electron chi connectivity index (χ4n) is 2.35. The van der Waals surface area contributed by atoms with Crippen LogP contribution in [0.25, 0.3) is 0 Å². The van der Waals surface area contributed by atoms with Crippen molar-refractivity contribution in [1.29, 1.82) is 0 Å². The molecule has 3 amide bonds. The van der Waals surface area contributed by atoms with E-state index in [9.17, 15) is 14.4 Å². The fourth-order valence-corrected chi connectivity index (χ4v) is 2.35. The normalized spacial score (nSPS) is 17.8. The Hall–Kier alpha value is -1.79. The first-order valence-electron chi connectivity index (χ1n) is 7.07. The summed E-state index contributed by atoms with van der Waals surface area (Å²) in [6.45, 7) is 0. The lowest BCUT2D eigenvalue weighted by molar-refractivity contribution is -0.139. The maximum atomic E-state index is 11.8. The van der Waals surface area contributed by atoms with Gasteiger partial charge in [-0.15, -0.1) is 0 Å². The van der Waals surface area contributed by atoms with Gasteiger partial charge in [-0.25, -0.2) is 9.59 Å². The monoisotopic (exact) mass is 285 g/mol. The molecule has 0 spiro atoms. The van der Waals surface area contributed by atoms with Crippen molar-refractivity contribution in [2.24, 2.45) is 5.73 Å². The second-order valence-electron chi connectivity index (χ2n) is 5.20. The van der Waals surface area contributed by atoms with Crippen LogP contribution >= 0.6 is 0 Å². The van der Waals surface area contributed by atoms with Gasteiger partial charge in [0.15, 0.2) is 0 Å². The maximum absolute atomic E-state index is 11.8. The lowest BCUT2D eigenvalue weighted by Gasteiger charge is -2.19. The number of rotatable bonds is 6. The van der Waals surface area contributed by atoms with Crippen LogP contribution < -0.4 is 16.4 Å². The molecular formula is C13H23N3O4. The Kier molecular flexibility index (Phi) is 6.83. The second kappa shape index (κ2) is 8.39. The number of carbonyl (C=O) groups excluding carboxylic acids is 2. The minimum absolute atomic E-state index is 0.00273. The molecule has 0 bridgehead atoms. The Bertz CT molecular complexity index is 352. The molecule has 1 rings (SSSR count). The molecule has 0 aliphatic heterocycles. The summed E-state index contributed by atoms with van der Waals surface area (Å²) in [5.74, 6) is -1.75. The van der Waals surface area contributed by atoms with E-state index in [0.717, 1.165) is 25.7 Å². The summed E-state index contributed by atoms with van der Waals surface area (Å²) in [4.78, 5) is 33.4. The van der Waals surface area contributed by atoms with E-state index in [1.807, 2.05) is 0 Å². The van der Waals surface area contributed by atoms with E-state index >= 15 is 0 Å². The molecule has 1 fully saturated rings. The molecule has 7 nitrogen and oxygen atoms in total. The fraction of sp³-hybridized carbons (Fsp3) is 0.769. The van der Waals surface area contributed by atoms with Gasteiger partial charge in [0.25, 0.3) is 0 Å². The van der Waals surface area contributed by atoms with Crippen molar-refractivity contribution in [1.82, 2.24) is 10.6 Å².